The number of aromatic nitrogens is 4. The summed E-state index contributed by atoms with van der Waals surface area (Å²) in [7, 11) is 8.53. The number of anilines is 1. The fourth-order valence-corrected chi connectivity index (χ4v) is 5.08. The number of nitrogens with zero attached hydrogens (tertiary/aromatic N) is 5. The van der Waals surface area contributed by atoms with E-state index < -0.39 is 10.4 Å². The molecule has 1 saturated heterocycles. The van der Waals surface area contributed by atoms with E-state index in [1.165, 1.54) is 6.20 Å². The molecule has 0 radical (unpaired) electrons. The first-order valence-electron chi connectivity index (χ1n) is 11.2. The molecule has 0 aromatic carbocycles. The van der Waals surface area contributed by atoms with Crippen LogP contribution in [-0.4, -0.2) is 69.5 Å². The third-order valence-electron chi connectivity index (χ3n) is 8.02. The van der Waals surface area contributed by atoms with Gasteiger partial charge >= 0.3 is 0 Å². The molecule has 5 heterocycles. The normalized spacial score (nSPS) is 24.2. The Bertz CT molecular complexity index is 1230. The number of halogens is 1. The van der Waals surface area contributed by atoms with Crippen LogP contribution in [-0.2, 0) is 5.21 Å². The number of pyridine rings is 1. The van der Waals surface area contributed by atoms with E-state index in [1.807, 2.05) is 19.2 Å². The van der Waals surface area contributed by atoms with Gasteiger partial charge in [0.25, 0.3) is 5.91 Å². The molecule has 2 aliphatic rings. The number of carbonyl (C=O) groups excluding carboxylic acids is 1. The number of hydrogen-bond acceptors (Lipinski definition) is 5. The maximum absolute atomic E-state index is 14.5. The van der Waals surface area contributed by atoms with E-state index in [-0.39, 0.29) is 23.8 Å². The Morgan fingerprint density at radius 1 is 1.25 bits per heavy atom. The lowest BCUT2D eigenvalue weighted by Gasteiger charge is -2.47. The predicted octanol–water partition coefficient (Wildman–Crippen LogP) is -1.46. The van der Waals surface area contributed by atoms with Gasteiger partial charge < -0.3 is 10.2 Å². The molecule has 32 heavy (non-hydrogen) atoms. The number of carbonyl (C=O) groups is 1. The molecule has 0 spiro atoms. The molecule has 0 aliphatic carbocycles. The van der Waals surface area contributed by atoms with Crippen LogP contribution in [0.25, 0.3) is 5.65 Å². The molecule has 2 atom stereocenters. The molecule has 7 nitrogen and oxygen atoms in total. The summed E-state index contributed by atoms with van der Waals surface area (Å²) >= 11 is 0. The fourth-order valence-electron chi connectivity index (χ4n) is 5.08. The van der Waals surface area contributed by atoms with Crippen molar-refractivity contribution in [2.24, 2.45) is 0 Å². The van der Waals surface area contributed by atoms with Crippen molar-refractivity contribution in [1.82, 2.24) is 24.9 Å². The summed E-state index contributed by atoms with van der Waals surface area (Å²) in [4.78, 5) is 24.9. The number of nitrogens with one attached hydrogen (secondary N) is 1. The van der Waals surface area contributed by atoms with Gasteiger partial charge in [0.2, 0.25) is 0 Å². The fraction of sp³-hybridized carbons (Fsp3) is 0.400. The van der Waals surface area contributed by atoms with Crippen LogP contribution in [0.2, 0.25) is 5.21 Å². The van der Waals surface area contributed by atoms with Gasteiger partial charge in [0, 0.05) is 24.5 Å². The second-order valence-corrected chi connectivity index (χ2v) is 10.1. The predicted molar refractivity (Wildman–Crippen MR) is 132 cm³/mol. The van der Waals surface area contributed by atoms with Crippen molar-refractivity contribution in [2.75, 3.05) is 11.4 Å². The van der Waals surface area contributed by atoms with Crippen molar-refractivity contribution >= 4 is 48.8 Å². The lowest BCUT2D eigenvalue weighted by atomic mass is 9.27. The van der Waals surface area contributed by atoms with Gasteiger partial charge in [-0.05, 0) is 42.7 Å². The largest absolute Gasteiger partial charge is 0.350 e. The standard InChI is InChI=1S/C20H25B4FN6O/c1-10-19(21,22)20(23,24)16-12(7-11(25)8-26-16)14-3-2-5-30(14)15-4-6-31-17(29-15)13(9-27-31)18(32)28-10/h4,6-10,14H,2-3,5,21-24H2,1H3,(H,28,32)/t10?,14-/m0/s1. The quantitative estimate of drug-likeness (QED) is 0.444. The molecule has 12 heteroatoms. The summed E-state index contributed by atoms with van der Waals surface area (Å²) in [6, 6.07) is 3.31. The summed E-state index contributed by atoms with van der Waals surface area (Å²) in [5.41, 5.74) is 2.73. The Balaban J connectivity index is 1.79. The summed E-state index contributed by atoms with van der Waals surface area (Å²) in [5, 5.41) is 6.64. The molecule has 160 valence electrons. The molecule has 0 saturated carbocycles. The average Bonchev–Trinajstić information content (AvgIpc) is 3.39. The Morgan fingerprint density at radius 2 is 2.03 bits per heavy atom. The maximum atomic E-state index is 14.5. The number of rotatable bonds is 0. The van der Waals surface area contributed by atoms with Crippen molar-refractivity contribution in [3.05, 3.63) is 53.4 Å². The van der Waals surface area contributed by atoms with Crippen molar-refractivity contribution in [3.63, 3.8) is 0 Å². The molecule has 2 aliphatic heterocycles. The Kier molecular flexibility index (Phi) is 4.69. The van der Waals surface area contributed by atoms with Crippen molar-refractivity contribution in [3.8, 4) is 0 Å². The van der Waals surface area contributed by atoms with E-state index in [1.54, 1.807) is 16.8 Å². The molecule has 3 aromatic heterocycles. The summed E-state index contributed by atoms with van der Waals surface area (Å²) in [6.45, 7) is 2.81. The highest BCUT2D eigenvalue weighted by molar-refractivity contribution is 6.54. The third kappa shape index (κ3) is 2.98. The Labute approximate surface area is 190 Å². The van der Waals surface area contributed by atoms with Crippen LogP contribution in [0.1, 0.15) is 47.4 Å². The molecule has 3 aromatic rings. The zero-order chi connectivity index (χ0) is 22.8. The summed E-state index contributed by atoms with van der Waals surface area (Å²) in [5.74, 6) is 0.219. The van der Waals surface area contributed by atoms with E-state index in [2.05, 4.69) is 51.7 Å². The number of fused-ring (bicyclic) bond motifs is 5. The molecule has 1 unspecified atom stereocenters. The van der Waals surface area contributed by atoms with Crippen LogP contribution in [0, 0.1) is 5.82 Å². The van der Waals surface area contributed by atoms with E-state index in [9.17, 15) is 9.18 Å². The van der Waals surface area contributed by atoms with E-state index >= 15 is 0 Å². The minimum Gasteiger partial charge on any atom is -0.350 e. The van der Waals surface area contributed by atoms with Gasteiger partial charge in [-0.3, -0.25) is 9.78 Å². The van der Waals surface area contributed by atoms with Crippen LogP contribution < -0.4 is 10.2 Å². The Hall–Kier alpha value is -2.77. The summed E-state index contributed by atoms with van der Waals surface area (Å²) < 4.78 is 16.1. The highest BCUT2D eigenvalue weighted by atomic mass is 19.1. The topological polar surface area (TPSA) is 75.4 Å². The van der Waals surface area contributed by atoms with E-state index in [4.69, 9.17) is 4.98 Å². The zero-order valence-corrected chi connectivity index (χ0v) is 19.2. The van der Waals surface area contributed by atoms with Crippen LogP contribution in [0.4, 0.5) is 10.2 Å². The number of amides is 1. The van der Waals surface area contributed by atoms with E-state index in [0.29, 0.717) is 11.2 Å². The first-order valence-corrected chi connectivity index (χ1v) is 11.2. The first kappa shape index (κ1) is 21.1. The van der Waals surface area contributed by atoms with E-state index in [0.717, 1.165) is 36.5 Å². The van der Waals surface area contributed by atoms with Crippen LogP contribution >= 0.6 is 0 Å². The first-order chi connectivity index (χ1) is 15.1. The van der Waals surface area contributed by atoms with Gasteiger partial charge in [0.05, 0.1) is 18.4 Å². The highest BCUT2D eigenvalue weighted by Crippen LogP contribution is 2.45. The van der Waals surface area contributed by atoms with Gasteiger partial charge in [0.1, 0.15) is 48.6 Å². The van der Waals surface area contributed by atoms with Gasteiger partial charge in [0.15, 0.2) is 5.65 Å². The molecular weight excluding hydrogens is 403 g/mol. The van der Waals surface area contributed by atoms with Gasteiger partial charge in [-0.25, -0.2) is 13.9 Å². The van der Waals surface area contributed by atoms with Crippen molar-refractivity contribution < 1.29 is 9.18 Å². The lowest BCUT2D eigenvalue weighted by Crippen LogP contribution is -2.55. The van der Waals surface area contributed by atoms with Crippen molar-refractivity contribution in [1.29, 1.82) is 0 Å². The molecule has 1 fully saturated rings. The SMILES string of the molecule is BC1(B)c2ncc(F)cc2[C@@H]2CCCN2c2ccn3ncc(c3n2)C(=O)NC(C)C1(B)B. The van der Waals surface area contributed by atoms with Crippen LogP contribution in [0.15, 0.2) is 30.7 Å². The van der Waals surface area contributed by atoms with Crippen LogP contribution in [0.5, 0.6) is 0 Å². The van der Waals surface area contributed by atoms with Gasteiger partial charge in [-0.15, -0.1) is 0 Å². The van der Waals surface area contributed by atoms with Gasteiger partial charge in [-0.1, -0.05) is 5.21 Å². The van der Waals surface area contributed by atoms with Gasteiger partial charge in [-0.2, -0.15) is 5.10 Å². The van der Waals surface area contributed by atoms with Crippen molar-refractivity contribution in [2.45, 2.75) is 42.3 Å². The Morgan fingerprint density at radius 3 is 2.81 bits per heavy atom. The third-order valence-corrected chi connectivity index (χ3v) is 8.02. The molecule has 5 rings (SSSR count). The summed E-state index contributed by atoms with van der Waals surface area (Å²) in [6.07, 6.45) is 6.56. The highest BCUT2D eigenvalue weighted by Gasteiger charge is 2.46. The second-order valence-electron chi connectivity index (χ2n) is 10.1. The molecule has 2 bridgehead atoms. The molecule has 1 amide bonds. The lowest BCUT2D eigenvalue weighted by molar-refractivity contribution is 0.0936. The maximum Gasteiger partial charge on any atom is 0.256 e. The molecular formula is C20H25B4FN6O. The second kappa shape index (κ2) is 7.12. The monoisotopic (exact) mass is 428 g/mol. The smallest absolute Gasteiger partial charge is 0.256 e. The minimum atomic E-state index is -0.453. The molecule has 1 N–H and O–H groups in total. The number of hydrogen-bond donors (Lipinski definition) is 1. The minimum absolute atomic E-state index is 0.0377. The average molecular weight is 428 g/mol. The zero-order valence-electron chi connectivity index (χ0n) is 19.2. The van der Waals surface area contributed by atoms with Crippen LogP contribution in [0.3, 0.4) is 0 Å².